The number of nitrogens with one attached hydrogen (secondary N) is 1. The molecule has 0 unspecified atom stereocenters. The first-order chi connectivity index (χ1) is 8.33. The lowest BCUT2D eigenvalue weighted by molar-refractivity contribution is 0.139. The topological polar surface area (TPSA) is 38.3 Å². The summed E-state index contributed by atoms with van der Waals surface area (Å²) in [5, 5.41) is 2.74. The van der Waals surface area contributed by atoms with Crippen LogP contribution in [-0.4, -0.2) is 24.6 Å². The standard InChI is InChI=1S/C13H19NO2S/c1-17-10-6-5-9-14-13(15)16-11-12-7-3-2-4-8-12/h2-4,7-8H,5-6,9-11H2,1H3,(H,14,15). The second-order valence-corrected chi connectivity index (χ2v) is 4.67. The summed E-state index contributed by atoms with van der Waals surface area (Å²) in [4.78, 5) is 11.3. The molecule has 1 rings (SSSR count). The van der Waals surface area contributed by atoms with Crippen molar-refractivity contribution in [1.29, 1.82) is 0 Å². The highest BCUT2D eigenvalue weighted by atomic mass is 32.2. The van der Waals surface area contributed by atoms with Crippen LogP contribution in [0.5, 0.6) is 0 Å². The molecule has 94 valence electrons. The first-order valence-electron chi connectivity index (χ1n) is 5.76. The quantitative estimate of drug-likeness (QED) is 0.759. The highest BCUT2D eigenvalue weighted by Gasteiger charge is 2.00. The highest BCUT2D eigenvalue weighted by Crippen LogP contribution is 2.01. The smallest absolute Gasteiger partial charge is 0.407 e. The SMILES string of the molecule is CSCCCCNC(=O)OCc1ccccc1. The van der Waals surface area contributed by atoms with Gasteiger partial charge in [0.1, 0.15) is 6.61 Å². The molecule has 0 saturated heterocycles. The number of alkyl carbamates (subject to hydrolysis) is 1. The van der Waals surface area contributed by atoms with E-state index in [9.17, 15) is 4.79 Å². The van der Waals surface area contributed by atoms with Crippen LogP contribution in [0.2, 0.25) is 0 Å². The van der Waals surface area contributed by atoms with Crippen molar-refractivity contribution in [3.05, 3.63) is 35.9 Å². The monoisotopic (exact) mass is 253 g/mol. The van der Waals surface area contributed by atoms with Crippen molar-refractivity contribution in [3.63, 3.8) is 0 Å². The van der Waals surface area contributed by atoms with Crippen molar-refractivity contribution in [2.75, 3.05) is 18.6 Å². The molecule has 1 amide bonds. The Hall–Kier alpha value is -1.16. The fourth-order valence-electron chi connectivity index (χ4n) is 1.34. The summed E-state index contributed by atoms with van der Waals surface area (Å²) in [6.45, 7) is 1.02. The van der Waals surface area contributed by atoms with E-state index in [1.165, 1.54) is 0 Å². The van der Waals surface area contributed by atoms with Crippen molar-refractivity contribution >= 4 is 17.9 Å². The maximum Gasteiger partial charge on any atom is 0.407 e. The number of amides is 1. The Bertz CT molecular complexity index is 316. The van der Waals surface area contributed by atoms with Crippen LogP contribution in [0.15, 0.2) is 30.3 Å². The van der Waals surface area contributed by atoms with Crippen molar-refractivity contribution < 1.29 is 9.53 Å². The molecule has 0 atom stereocenters. The molecule has 0 aliphatic heterocycles. The van der Waals surface area contributed by atoms with Gasteiger partial charge in [-0.05, 0) is 30.4 Å². The van der Waals surface area contributed by atoms with Crippen molar-refractivity contribution in [3.8, 4) is 0 Å². The Kier molecular flexibility index (Phi) is 7.30. The average molecular weight is 253 g/mol. The van der Waals surface area contributed by atoms with E-state index in [0.717, 1.165) is 24.2 Å². The van der Waals surface area contributed by atoms with E-state index >= 15 is 0 Å². The summed E-state index contributed by atoms with van der Waals surface area (Å²) in [6, 6.07) is 9.67. The molecule has 0 fully saturated rings. The van der Waals surface area contributed by atoms with Crippen molar-refractivity contribution in [2.24, 2.45) is 0 Å². The summed E-state index contributed by atoms with van der Waals surface area (Å²) < 4.78 is 5.08. The molecule has 4 heteroatoms. The fraction of sp³-hybridized carbons (Fsp3) is 0.462. The molecular weight excluding hydrogens is 234 g/mol. The van der Waals surface area contributed by atoms with Gasteiger partial charge in [0.05, 0.1) is 0 Å². The van der Waals surface area contributed by atoms with Gasteiger partial charge >= 0.3 is 6.09 Å². The molecule has 0 aliphatic rings. The number of ether oxygens (including phenoxy) is 1. The average Bonchev–Trinajstić information content (AvgIpc) is 2.37. The van der Waals surface area contributed by atoms with Gasteiger partial charge in [-0.15, -0.1) is 0 Å². The molecule has 0 heterocycles. The third-order valence-corrected chi connectivity index (χ3v) is 2.95. The van der Waals surface area contributed by atoms with Gasteiger partial charge in [-0.2, -0.15) is 11.8 Å². The van der Waals surface area contributed by atoms with Gasteiger partial charge in [-0.25, -0.2) is 4.79 Å². The molecule has 0 spiro atoms. The van der Waals surface area contributed by atoms with Gasteiger partial charge in [-0.1, -0.05) is 30.3 Å². The minimum Gasteiger partial charge on any atom is -0.445 e. The molecule has 17 heavy (non-hydrogen) atoms. The summed E-state index contributed by atoms with van der Waals surface area (Å²) in [7, 11) is 0. The van der Waals surface area contributed by atoms with Gasteiger partial charge < -0.3 is 10.1 Å². The van der Waals surface area contributed by atoms with Crippen LogP contribution >= 0.6 is 11.8 Å². The molecule has 0 aliphatic carbocycles. The zero-order chi connectivity index (χ0) is 12.3. The Balaban J connectivity index is 2.05. The lowest BCUT2D eigenvalue weighted by Crippen LogP contribution is -2.25. The van der Waals surface area contributed by atoms with E-state index in [1.807, 2.05) is 42.1 Å². The Morgan fingerprint density at radius 1 is 1.29 bits per heavy atom. The maximum absolute atomic E-state index is 11.3. The lowest BCUT2D eigenvalue weighted by atomic mass is 10.2. The van der Waals surface area contributed by atoms with Crippen LogP contribution in [0.1, 0.15) is 18.4 Å². The van der Waals surface area contributed by atoms with Crippen LogP contribution in [-0.2, 0) is 11.3 Å². The van der Waals surface area contributed by atoms with E-state index in [-0.39, 0.29) is 6.09 Å². The molecule has 1 N–H and O–H groups in total. The molecular formula is C13H19NO2S. The number of hydrogen-bond acceptors (Lipinski definition) is 3. The first-order valence-corrected chi connectivity index (χ1v) is 7.16. The Morgan fingerprint density at radius 2 is 2.06 bits per heavy atom. The van der Waals surface area contributed by atoms with Crippen LogP contribution in [0.25, 0.3) is 0 Å². The number of thioether (sulfide) groups is 1. The highest BCUT2D eigenvalue weighted by molar-refractivity contribution is 7.98. The van der Waals surface area contributed by atoms with Crippen molar-refractivity contribution in [1.82, 2.24) is 5.32 Å². The predicted octanol–water partition coefficient (Wildman–Crippen LogP) is 3.06. The molecule has 0 radical (unpaired) electrons. The van der Waals surface area contributed by atoms with E-state index in [0.29, 0.717) is 13.2 Å². The first kappa shape index (κ1) is 13.9. The number of unbranched alkanes of at least 4 members (excludes halogenated alkanes) is 1. The molecule has 0 saturated carbocycles. The van der Waals surface area contributed by atoms with Gasteiger partial charge in [0.15, 0.2) is 0 Å². The summed E-state index contributed by atoms with van der Waals surface area (Å²) in [5.41, 5.74) is 1.00. The molecule has 0 bridgehead atoms. The van der Waals surface area contributed by atoms with Gasteiger partial charge in [0.2, 0.25) is 0 Å². The Labute approximate surface area is 107 Å². The molecule has 0 aromatic heterocycles. The zero-order valence-corrected chi connectivity index (χ0v) is 11.0. The fourth-order valence-corrected chi connectivity index (χ4v) is 1.83. The Morgan fingerprint density at radius 3 is 2.76 bits per heavy atom. The van der Waals surface area contributed by atoms with Gasteiger partial charge in [-0.3, -0.25) is 0 Å². The second kappa shape index (κ2) is 8.93. The number of hydrogen-bond donors (Lipinski definition) is 1. The molecule has 1 aromatic rings. The molecule has 3 nitrogen and oxygen atoms in total. The molecule has 1 aromatic carbocycles. The summed E-state index contributed by atoms with van der Waals surface area (Å²) in [5.74, 6) is 1.14. The number of carbonyl (C=O) groups excluding carboxylic acids is 1. The number of rotatable bonds is 7. The normalized spacial score (nSPS) is 9.94. The van der Waals surface area contributed by atoms with Gasteiger partial charge in [0.25, 0.3) is 0 Å². The predicted molar refractivity (Wildman–Crippen MR) is 72.2 cm³/mol. The third-order valence-electron chi connectivity index (χ3n) is 2.26. The van der Waals surface area contributed by atoms with E-state index < -0.39 is 0 Å². The maximum atomic E-state index is 11.3. The van der Waals surface area contributed by atoms with E-state index in [4.69, 9.17) is 4.74 Å². The summed E-state index contributed by atoms with van der Waals surface area (Å²) in [6.07, 6.45) is 3.88. The van der Waals surface area contributed by atoms with Crippen LogP contribution in [0, 0.1) is 0 Å². The minimum atomic E-state index is -0.335. The largest absolute Gasteiger partial charge is 0.445 e. The minimum absolute atomic E-state index is 0.331. The van der Waals surface area contributed by atoms with Crippen LogP contribution < -0.4 is 5.32 Å². The van der Waals surface area contributed by atoms with Gasteiger partial charge in [0, 0.05) is 6.54 Å². The third kappa shape index (κ3) is 6.89. The summed E-state index contributed by atoms with van der Waals surface area (Å²) >= 11 is 1.82. The zero-order valence-electron chi connectivity index (χ0n) is 10.1. The van der Waals surface area contributed by atoms with E-state index in [1.54, 1.807) is 0 Å². The van der Waals surface area contributed by atoms with Crippen molar-refractivity contribution in [2.45, 2.75) is 19.4 Å². The number of benzene rings is 1. The second-order valence-electron chi connectivity index (χ2n) is 3.69. The lowest BCUT2D eigenvalue weighted by Gasteiger charge is -2.06. The number of carbonyl (C=O) groups is 1. The van der Waals surface area contributed by atoms with Crippen LogP contribution in [0.4, 0.5) is 4.79 Å². The van der Waals surface area contributed by atoms with Crippen LogP contribution in [0.3, 0.4) is 0 Å². The van der Waals surface area contributed by atoms with E-state index in [2.05, 4.69) is 11.6 Å².